The SMILES string of the molecule is C=C(CN(N)C(C)CC)C1CCC2(C)C3CCC4CC(C)CCC4C3CCC12C. The Hall–Kier alpha value is -0.340. The van der Waals surface area contributed by atoms with Gasteiger partial charge in [-0.15, -0.1) is 0 Å². The van der Waals surface area contributed by atoms with E-state index in [4.69, 9.17) is 5.84 Å². The molecule has 2 nitrogen and oxygen atoms in total. The van der Waals surface area contributed by atoms with Crippen LogP contribution in [0.5, 0.6) is 0 Å². The van der Waals surface area contributed by atoms with Gasteiger partial charge in [-0.3, -0.25) is 5.84 Å². The quantitative estimate of drug-likeness (QED) is 0.312. The highest BCUT2D eigenvalue weighted by Crippen LogP contribution is 2.71. The Bertz CT molecular complexity index is 614. The van der Waals surface area contributed by atoms with Gasteiger partial charge in [0.05, 0.1) is 0 Å². The van der Waals surface area contributed by atoms with Crippen molar-refractivity contribution in [1.29, 1.82) is 0 Å². The normalized spacial score (nSPS) is 48.0. The van der Waals surface area contributed by atoms with Crippen LogP contribution in [0.25, 0.3) is 0 Å². The Kier molecular flexibility index (Phi) is 6.01. The Labute approximate surface area is 181 Å². The summed E-state index contributed by atoms with van der Waals surface area (Å²) in [7, 11) is 0. The molecule has 0 bridgehead atoms. The molecule has 9 atom stereocenters. The Balaban J connectivity index is 1.51. The van der Waals surface area contributed by atoms with Crippen LogP contribution < -0.4 is 5.84 Å². The van der Waals surface area contributed by atoms with E-state index in [1.54, 1.807) is 0 Å². The molecular formula is C27H48N2. The molecule has 4 aliphatic carbocycles. The lowest BCUT2D eigenvalue weighted by atomic mass is 9.43. The molecule has 0 aromatic carbocycles. The minimum atomic E-state index is 0.427. The smallest absolute Gasteiger partial charge is 0.0342 e. The lowest BCUT2D eigenvalue weighted by Crippen LogP contribution is -2.54. The van der Waals surface area contributed by atoms with Gasteiger partial charge in [-0.05, 0) is 111 Å². The molecule has 2 heteroatoms. The van der Waals surface area contributed by atoms with E-state index in [0.29, 0.717) is 22.8 Å². The van der Waals surface area contributed by atoms with Crippen molar-refractivity contribution in [3.63, 3.8) is 0 Å². The van der Waals surface area contributed by atoms with Crippen molar-refractivity contribution < 1.29 is 0 Å². The minimum Gasteiger partial charge on any atom is -0.268 e. The van der Waals surface area contributed by atoms with Gasteiger partial charge < -0.3 is 0 Å². The van der Waals surface area contributed by atoms with E-state index in [1.165, 1.54) is 63.4 Å². The van der Waals surface area contributed by atoms with Crippen LogP contribution in [0.2, 0.25) is 0 Å². The summed E-state index contributed by atoms with van der Waals surface area (Å²) in [6, 6.07) is 0.437. The summed E-state index contributed by atoms with van der Waals surface area (Å²) in [6.45, 7) is 17.8. The molecule has 4 rings (SSSR count). The van der Waals surface area contributed by atoms with Crippen LogP contribution in [-0.4, -0.2) is 17.6 Å². The van der Waals surface area contributed by atoms with Gasteiger partial charge in [-0.1, -0.05) is 46.3 Å². The molecule has 9 unspecified atom stereocenters. The maximum absolute atomic E-state index is 6.40. The van der Waals surface area contributed by atoms with E-state index in [0.717, 1.165) is 42.6 Å². The van der Waals surface area contributed by atoms with Crippen molar-refractivity contribution in [3.05, 3.63) is 12.2 Å². The van der Waals surface area contributed by atoms with Crippen molar-refractivity contribution in [2.75, 3.05) is 6.54 Å². The van der Waals surface area contributed by atoms with Crippen LogP contribution in [0.3, 0.4) is 0 Å². The molecule has 0 aliphatic heterocycles. The lowest BCUT2D eigenvalue weighted by molar-refractivity contribution is -0.118. The predicted molar refractivity (Wildman–Crippen MR) is 124 cm³/mol. The molecular weight excluding hydrogens is 352 g/mol. The van der Waals surface area contributed by atoms with Gasteiger partial charge in [0.25, 0.3) is 0 Å². The second-order valence-electron chi connectivity index (χ2n) is 12.2. The number of hydrazine groups is 1. The van der Waals surface area contributed by atoms with Crippen LogP contribution in [0.4, 0.5) is 0 Å². The Morgan fingerprint density at radius 1 is 1.03 bits per heavy atom. The van der Waals surface area contributed by atoms with E-state index in [9.17, 15) is 0 Å². The van der Waals surface area contributed by atoms with E-state index < -0.39 is 0 Å². The molecule has 166 valence electrons. The highest BCUT2D eigenvalue weighted by Gasteiger charge is 2.63. The van der Waals surface area contributed by atoms with Crippen molar-refractivity contribution in [2.45, 2.75) is 105 Å². The first-order valence-corrected chi connectivity index (χ1v) is 12.9. The first-order valence-electron chi connectivity index (χ1n) is 12.9. The zero-order chi connectivity index (χ0) is 21.0. The van der Waals surface area contributed by atoms with E-state index in [1.807, 2.05) is 5.01 Å². The van der Waals surface area contributed by atoms with Crippen LogP contribution in [0.15, 0.2) is 12.2 Å². The summed E-state index contributed by atoms with van der Waals surface area (Å²) in [4.78, 5) is 0. The predicted octanol–water partition coefficient (Wildman–Crippen LogP) is 6.81. The molecule has 4 aliphatic rings. The molecule has 4 saturated carbocycles. The van der Waals surface area contributed by atoms with Crippen LogP contribution in [0.1, 0.15) is 98.8 Å². The minimum absolute atomic E-state index is 0.427. The average Bonchev–Trinajstić information content (AvgIpc) is 2.98. The topological polar surface area (TPSA) is 29.3 Å². The Morgan fingerprint density at radius 2 is 1.76 bits per heavy atom. The Morgan fingerprint density at radius 3 is 2.48 bits per heavy atom. The van der Waals surface area contributed by atoms with E-state index in [-0.39, 0.29) is 0 Å². The highest BCUT2D eigenvalue weighted by atomic mass is 15.4. The zero-order valence-electron chi connectivity index (χ0n) is 20.1. The third-order valence-corrected chi connectivity index (χ3v) is 11.1. The highest BCUT2D eigenvalue weighted by molar-refractivity contribution is 5.20. The fourth-order valence-corrected chi connectivity index (χ4v) is 8.90. The second-order valence-corrected chi connectivity index (χ2v) is 12.2. The van der Waals surface area contributed by atoms with Gasteiger partial charge in [0.15, 0.2) is 0 Å². The van der Waals surface area contributed by atoms with Crippen LogP contribution in [0, 0.1) is 46.3 Å². The summed E-state index contributed by atoms with van der Waals surface area (Å²) in [5.74, 6) is 12.1. The maximum Gasteiger partial charge on any atom is 0.0342 e. The lowest BCUT2D eigenvalue weighted by Gasteiger charge is -2.61. The van der Waals surface area contributed by atoms with Crippen LogP contribution in [-0.2, 0) is 0 Å². The number of hydrogen-bond acceptors (Lipinski definition) is 2. The summed E-state index contributed by atoms with van der Waals surface area (Å²) in [6.07, 6.45) is 14.3. The number of nitrogens with zero attached hydrogens (tertiary/aromatic N) is 1. The summed E-state index contributed by atoms with van der Waals surface area (Å²) in [5.41, 5.74) is 2.35. The first kappa shape index (κ1) is 21.9. The first-order chi connectivity index (χ1) is 13.7. The standard InChI is InChI=1S/C27H48N2/c1-7-20(4)29(28)17-19(3)24-13-15-27(6)25-11-9-21-16-18(2)8-10-22(21)23(25)12-14-26(24,27)5/h18,20-25H,3,7-17,28H2,1-2,4-6H3. The third-order valence-electron chi connectivity index (χ3n) is 11.1. The molecule has 2 N–H and O–H groups in total. The van der Waals surface area contributed by atoms with Crippen molar-refractivity contribution in [1.82, 2.24) is 5.01 Å². The fourth-order valence-electron chi connectivity index (χ4n) is 8.90. The third kappa shape index (κ3) is 3.45. The molecule has 0 aromatic heterocycles. The maximum atomic E-state index is 6.40. The average molecular weight is 401 g/mol. The van der Waals surface area contributed by atoms with E-state index >= 15 is 0 Å². The largest absolute Gasteiger partial charge is 0.268 e. The van der Waals surface area contributed by atoms with Crippen LogP contribution >= 0.6 is 0 Å². The van der Waals surface area contributed by atoms with Gasteiger partial charge in [0.1, 0.15) is 0 Å². The number of hydrogen-bond donors (Lipinski definition) is 1. The van der Waals surface area contributed by atoms with Gasteiger partial charge in [0, 0.05) is 12.6 Å². The van der Waals surface area contributed by atoms with E-state index in [2.05, 4.69) is 41.2 Å². The number of nitrogens with two attached hydrogens (primary N) is 1. The fraction of sp³-hybridized carbons (Fsp3) is 0.926. The number of rotatable bonds is 5. The molecule has 0 aromatic rings. The summed E-state index contributed by atoms with van der Waals surface area (Å²) < 4.78 is 0. The molecule has 4 fully saturated rings. The second kappa shape index (κ2) is 7.97. The molecule has 0 amide bonds. The molecule has 29 heavy (non-hydrogen) atoms. The van der Waals surface area contributed by atoms with Crippen molar-refractivity contribution in [3.8, 4) is 0 Å². The molecule has 0 saturated heterocycles. The van der Waals surface area contributed by atoms with Gasteiger partial charge in [0.2, 0.25) is 0 Å². The summed E-state index contributed by atoms with van der Waals surface area (Å²) in [5, 5.41) is 2.04. The molecule has 0 radical (unpaired) electrons. The number of fused-ring (bicyclic) bond motifs is 5. The molecule has 0 heterocycles. The van der Waals surface area contributed by atoms with Gasteiger partial charge >= 0.3 is 0 Å². The van der Waals surface area contributed by atoms with Gasteiger partial charge in [-0.2, -0.15) is 0 Å². The summed E-state index contributed by atoms with van der Waals surface area (Å²) >= 11 is 0. The monoisotopic (exact) mass is 400 g/mol. The van der Waals surface area contributed by atoms with Crippen molar-refractivity contribution >= 4 is 0 Å². The van der Waals surface area contributed by atoms with Crippen molar-refractivity contribution in [2.24, 2.45) is 52.2 Å². The zero-order valence-corrected chi connectivity index (χ0v) is 20.1. The molecule has 0 spiro atoms. The van der Waals surface area contributed by atoms with Gasteiger partial charge in [-0.25, -0.2) is 5.01 Å².